The molecular formula is C19H23NO6S. The molecule has 0 N–H and O–H groups in total. The molecule has 1 saturated heterocycles. The standard InChI is InChI=1S/C19H23NO6S/c1-6-11(2)26-14-8-7-13(9-15(14)24-4)10-16-17(21)20(19(23)27-16)12(3)18(22)25-5/h7-12H,6H2,1-5H3/b16-10+/t11-,12+/m1/s1. The van der Waals surface area contributed by atoms with Crippen molar-refractivity contribution in [3.8, 4) is 11.5 Å². The lowest BCUT2D eigenvalue weighted by molar-refractivity contribution is -0.148. The van der Waals surface area contributed by atoms with Gasteiger partial charge in [0.2, 0.25) is 0 Å². The van der Waals surface area contributed by atoms with Crippen molar-refractivity contribution in [1.82, 2.24) is 4.90 Å². The van der Waals surface area contributed by atoms with E-state index in [1.165, 1.54) is 21.1 Å². The summed E-state index contributed by atoms with van der Waals surface area (Å²) >= 11 is 0.783. The van der Waals surface area contributed by atoms with Gasteiger partial charge in [0.25, 0.3) is 11.1 Å². The Labute approximate surface area is 162 Å². The van der Waals surface area contributed by atoms with Crippen molar-refractivity contribution in [2.75, 3.05) is 14.2 Å². The molecule has 0 spiro atoms. The third-order valence-corrected chi connectivity index (χ3v) is 5.03. The first-order valence-electron chi connectivity index (χ1n) is 8.51. The summed E-state index contributed by atoms with van der Waals surface area (Å²) in [5.74, 6) is -0.0313. The largest absolute Gasteiger partial charge is 0.493 e. The zero-order valence-corrected chi connectivity index (χ0v) is 16.8. The maximum absolute atomic E-state index is 12.5. The molecule has 7 nitrogen and oxygen atoms in total. The maximum atomic E-state index is 12.5. The molecule has 1 aliphatic rings. The van der Waals surface area contributed by atoms with Crippen molar-refractivity contribution in [3.05, 3.63) is 28.7 Å². The van der Waals surface area contributed by atoms with Gasteiger partial charge in [-0.2, -0.15) is 0 Å². The summed E-state index contributed by atoms with van der Waals surface area (Å²) in [5.41, 5.74) is 0.680. The molecule has 0 aromatic heterocycles. The van der Waals surface area contributed by atoms with Crippen LogP contribution in [-0.2, 0) is 14.3 Å². The second-order valence-electron chi connectivity index (χ2n) is 6.00. The number of hydrogen-bond acceptors (Lipinski definition) is 7. The molecule has 1 aromatic carbocycles. The summed E-state index contributed by atoms with van der Waals surface area (Å²) in [6.45, 7) is 5.44. The SMILES string of the molecule is CC[C@@H](C)Oc1ccc(/C=C2/SC(=O)N([C@@H](C)C(=O)OC)C2=O)cc1OC. The lowest BCUT2D eigenvalue weighted by Gasteiger charge is -2.18. The Hall–Kier alpha value is -2.48. The van der Waals surface area contributed by atoms with Gasteiger partial charge >= 0.3 is 5.97 Å². The van der Waals surface area contributed by atoms with Gasteiger partial charge in [-0.3, -0.25) is 14.5 Å². The highest BCUT2D eigenvalue weighted by molar-refractivity contribution is 8.18. The van der Waals surface area contributed by atoms with E-state index in [9.17, 15) is 14.4 Å². The van der Waals surface area contributed by atoms with Crippen molar-refractivity contribution in [3.63, 3.8) is 0 Å². The summed E-state index contributed by atoms with van der Waals surface area (Å²) in [5, 5.41) is -0.507. The molecule has 0 bridgehead atoms. The monoisotopic (exact) mass is 393 g/mol. The van der Waals surface area contributed by atoms with Crippen LogP contribution in [0.4, 0.5) is 4.79 Å². The lowest BCUT2D eigenvalue weighted by Crippen LogP contribution is -2.42. The van der Waals surface area contributed by atoms with Gasteiger partial charge < -0.3 is 14.2 Å². The topological polar surface area (TPSA) is 82.1 Å². The number of amides is 2. The van der Waals surface area contributed by atoms with Crippen LogP contribution < -0.4 is 9.47 Å². The van der Waals surface area contributed by atoms with E-state index >= 15 is 0 Å². The Kier molecular flexibility index (Phi) is 6.90. The third kappa shape index (κ3) is 4.63. The molecule has 1 aromatic rings. The van der Waals surface area contributed by atoms with Gasteiger partial charge in [0.05, 0.1) is 25.2 Å². The molecule has 2 atom stereocenters. The fourth-order valence-electron chi connectivity index (χ4n) is 2.41. The van der Waals surface area contributed by atoms with Crippen molar-refractivity contribution in [2.24, 2.45) is 0 Å². The molecule has 2 rings (SSSR count). The van der Waals surface area contributed by atoms with Gasteiger partial charge in [-0.25, -0.2) is 4.79 Å². The van der Waals surface area contributed by atoms with Crippen LogP contribution >= 0.6 is 11.8 Å². The number of hydrogen-bond donors (Lipinski definition) is 0. The van der Waals surface area contributed by atoms with Crippen LogP contribution in [0.25, 0.3) is 6.08 Å². The smallest absolute Gasteiger partial charge is 0.328 e. The van der Waals surface area contributed by atoms with Crippen LogP contribution in [0.1, 0.15) is 32.8 Å². The zero-order valence-electron chi connectivity index (χ0n) is 16.0. The predicted molar refractivity (Wildman–Crippen MR) is 103 cm³/mol. The van der Waals surface area contributed by atoms with Gasteiger partial charge in [-0.1, -0.05) is 13.0 Å². The van der Waals surface area contributed by atoms with E-state index in [-0.39, 0.29) is 11.0 Å². The van der Waals surface area contributed by atoms with E-state index in [4.69, 9.17) is 9.47 Å². The first-order valence-corrected chi connectivity index (χ1v) is 9.33. The zero-order chi connectivity index (χ0) is 20.1. The summed E-state index contributed by atoms with van der Waals surface area (Å²) in [7, 11) is 2.75. The molecule has 27 heavy (non-hydrogen) atoms. The number of carbonyl (C=O) groups is 3. The third-order valence-electron chi connectivity index (χ3n) is 4.14. The van der Waals surface area contributed by atoms with E-state index in [0.717, 1.165) is 23.1 Å². The quantitative estimate of drug-likeness (QED) is 0.518. The first kappa shape index (κ1) is 20.8. The lowest BCUT2D eigenvalue weighted by atomic mass is 10.1. The van der Waals surface area contributed by atoms with Gasteiger partial charge in [-0.15, -0.1) is 0 Å². The molecule has 1 heterocycles. The molecule has 1 fully saturated rings. The number of nitrogens with zero attached hydrogens (tertiary/aromatic N) is 1. The molecule has 8 heteroatoms. The van der Waals surface area contributed by atoms with E-state index in [1.807, 2.05) is 13.8 Å². The Morgan fingerprint density at radius 3 is 2.52 bits per heavy atom. The highest BCUT2D eigenvalue weighted by Crippen LogP contribution is 2.35. The number of thioether (sulfide) groups is 1. The second-order valence-corrected chi connectivity index (χ2v) is 6.99. The Bertz CT molecular complexity index is 775. The molecule has 0 aliphatic carbocycles. The Balaban J connectivity index is 2.27. The molecule has 0 unspecified atom stereocenters. The molecule has 2 amide bonds. The van der Waals surface area contributed by atoms with Crippen LogP contribution in [-0.4, -0.2) is 48.4 Å². The first-order chi connectivity index (χ1) is 12.8. The molecule has 146 valence electrons. The average molecular weight is 393 g/mol. The number of imide groups is 1. The van der Waals surface area contributed by atoms with E-state index < -0.39 is 23.2 Å². The van der Waals surface area contributed by atoms with Gasteiger partial charge in [0.15, 0.2) is 11.5 Å². The van der Waals surface area contributed by atoms with Gasteiger partial charge in [-0.05, 0) is 55.8 Å². The number of rotatable bonds is 7. The van der Waals surface area contributed by atoms with Crippen molar-refractivity contribution >= 4 is 35.0 Å². The number of esters is 1. The van der Waals surface area contributed by atoms with Crippen LogP contribution in [0.3, 0.4) is 0 Å². The summed E-state index contributed by atoms with van der Waals surface area (Å²) in [6, 6.07) is 4.29. The van der Waals surface area contributed by atoms with E-state index in [0.29, 0.717) is 17.1 Å². The number of carbonyl (C=O) groups excluding carboxylic acids is 3. The second kappa shape index (κ2) is 8.94. The number of ether oxygens (including phenoxy) is 3. The van der Waals surface area contributed by atoms with Crippen molar-refractivity contribution in [1.29, 1.82) is 0 Å². The van der Waals surface area contributed by atoms with Crippen molar-refractivity contribution < 1.29 is 28.6 Å². The highest BCUT2D eigenvalue weighted by Gasteiger charge is 2.41. The van der Waals surface area contributed by atoms with E-state index in [1.54, 1.807) is 24.3 Å². The minimum absolute atomic E-state index is 0.0426. The molecule has 1 aliphatic heterocycles. The van der Waals surface area contributed by atoms with Crippen LogP contribution in [0, 0.1) is 0 Å². The fraction of sp³-hybridized carbons (Fsp3) is 0.421. The Morgan fingerprint density at radius 2 is 1.93 bits per heavy atom. The summed E-state index contributed by atoms with van der Waals surface area (Å²) < 4.78 is 15.8. The molecule has 0 radical (unpaired) electrons. The van der Waals surface area contributed by atoms with Crippen LogP contribution in [0.5, 0.6) is 11.5 Å². The number of methoxy groups -OCH3 is 2. The minimum atomic E-state index is -0.978. The number of benzene rings is 1. The van der Waals surface area contributed by atoms with Crippen LogP contribution in [0.2, 0.25) is 0 Å². The fourth-order valence-corrected chi connectivity index (χ4v) is 3.32. The van der Waals surface area contributed by atoms with Gasteiger partial charge in [0.1, 0.15) is 6.04 Å². The highest BCUT2D eigenvalue weighted by atomic mass is 32.2. The van der Waals surface area contributed by atoms with Crippen LogP contribution in [0.15, 0.2) is 23.1 Å². The van der Waals surface area contributed by atoms with E-state index in [2.05, 4.69) is 4.74 Å². The maximum Gasteiger partial charge on any atom is 0.328 e. The normalized spacial score (nSPS) is 17.8. The van der Waals surface area contributed by atoms with Crippen molar-refractivity contribution in [2.45, 2.75) is 39.3 Å². The average Bonchev–Trinajstić information content (AvgIpc) is 2.94. The van der Waals surface area contributed by atoms with Gasteiger partial charge in [0, 0.05) is 0 Å². The predicted octanol–water partition coefficient (Wildman–Crippen LogP) is 3.47. The summed E-state index contributed by atoms with van der Waals surface area (Å²) in [4.78, 5) is 37.5. The minimum Gasteiger partial charge on any atom is -0.493 e. The summed E-state index contributed by atoms with van der Waals surface area (Å²) in [6.07, 6.45) is 2.49. The molecular weight excluding hydrogens is 370 g/mol. The molecule has 0 saturated carbocycles. The Morgan fingerprint density at radius 1 is 1.22 bits per heavy atom.